The van der Waals surface area contributed by atoms with Crippen molar-refractivity contribution in [2.45, 2.75) is 32.1 Å². The van der Waals surface area contributed by atoms with Crippen LogP contribution in [0.5, 0.6) is 5.75 Å². The van der Waals surface area contributed by atoms with Gasteiger partial charge in [0.25, 0.3) is 0 Å². The molecule has 0 bridgehead atoms. The van der Waals surface area contributed by atoms with Gasteiger partial charge in [-0.3, -0.25) is 0 Å². The van der Waals surface area contributed by atoms with E-state index in [-0.39, 0.29) is 5.92 Å². The monoisotopic (exact) mass is 229 g/mol. The molecule has 1 aromatic carbocycles. The molecular weight excluding hydrogens is 210 g/mol. The summed E-state index contributed by atoms with van der Waals surface area (Å²) in [6, 6.07) is 10.7. The van der Waals surface area contributed by atoms with Gasteiger partial charge in [0.15, 0.2) is 0 Å². The summed E-state index contributed by atoms with van der Waals surface area (Å²) in [6.07, 6.45) is 5.69. The molecular formula is C15H19NO. The first-order valence-electron chi connectivity index (χ1n) is 6.34. The van der Waals surface area contributed by atoms with Gasteiger partial charge in [0.05, 0.1) is 13.2 Å². The normalized spacial score (nSPS) is 24.0. The molecule has 2 heteroatoms. The number of benzene rings is 1. The fourth-order valence-electron chi connectivity index (χ4n) is 2.73. The number of nitrogens with zero attached hydrogens (tertiary/aromatic N) is 1. The highest BCUT2D eigenvalue weighted by Gasteiger charge is 2.21. The third kappa shape index (κ3) is 3.23. The third-order valence-electron chi connectivity index (χ3n) is 3.62. The van der Waals surface area contributed by atoms with E-state index in [0.717, 1.165) is 25.0 Å². The van der Waals surface area contributed by atoms with Crippen LogP contribution < -0.4 is 4.74 Å². The second-order valence-corrected chi connectivity index (χ2v) is 4.91. The van der Waals surface area contributed by atoms with Crippen molar-refractivity contribution in [3.05, 3.63) is 29.8 Å². The maximum Gasteiger partial charge on any atom is 0.119 e. The van der Waals surface area contributed by atoms with E-state index in [1.54, 1.807) is 7.11 Å². The van der Waals surface area contributed by atoms with E-state index in [1.807, 2.05) is 12.1 Å². The standard InChI is InChI=1S/C15H19NO/c1-17-15-7-3-5-13(10-15)8-12-4-2-6-14(9-12)11-16/h3,5,7,10,12,14H,2,4,6,8-9H2,1H3. The molecule has 2 unspecified atom stereocenters. The summed E-state index contributed by atoms with van der Waals surface area (Å²) in [5.74, 6) is 1.87. The van der Waals surface area contributed by atoms with Crippen molar-refractivity contribution < 1.29 is 4.74 Å². The molecule has 1 saturated carbocycles. The van der Waals surface area contributed by atoms with Crippen LogP contribution in [-0.2, 0) is 6.42 Å². The Morgan fingerprint density at radius 1 is 1.41 bits per heavy atom. The van der Waals surface area contributed by atoms with E-state index < -0.39 is 0 Å². The summed E-state index contributed by atoms with van der Waals surface area (Å²) in [4.78, 5) is 0. The fraction of sp³-hybridized carbons (Fsp3) is 0.533. The van der Waals surface area contributed by atoms with Crippen LogP contribution in [0.2, 0.25) is 0 Å². The Morgan fingerprint density at radius 3 is 3.06 bits per heavy atom. The van der Waals surface area contributed by atoms with Gasteiger partial charge in [-0.05, 0) is 42.9 Å². The van der Waals surface area contributed by atoms with Crippen molar-refractivity contribution in [1.82, 2.24) is 0 Å². The Labute approximate surface area is 103 Å². The molecule has 1 fully saturated rings. The molecule has 2 rings (SSSR count). The van der Waals surface area contributed by atoms with Gasteiger partial charge in [-0.1, -0.05) is 25.0 Å². The highest BCUT2D eigenvalue weighted by molar-refractivity contribution is 5.28. The van der Waals surface area contributed by atoms with E-state index in [4.69, 9.17) is 10.00 Å². The lowest BCUT2D eigenvalue weighted by Crippen LogP contribution is -2.16. The fourth-order valence-corrected chi connectivity index (χ4v) is 2.73. The molecule has 0 aliphatic heterocycles. The lowest BCUT2D eigenvalue weighted by atomic mass is 9.79. The average molecular weight is 229 g/mol. The Balaban J connectivity index is 1.98. The maximum atomic E-state index is 8.99. The quantitative estimate of drug-likeness (QED) is 0.793. The minimum absolute atomic E-state index is 0.277. The van der Waals surface area contributed by atoms with Gasteiger partial charge >= 0.3 is 0 Å². The number of nitriles is 1. The Bertz CT molecular complexity index is 408. The Kier molecular flexibility index (Phi) is 4.03. The van der Waals surface area contributed by atoms with E-state index in [0.29, 0.717) is 5.92 Å². The molecule has 0 amide bonds. The minimum atomic E-state index is 0.277. The van der Waals surface area contributed by atoms with Crippen LogP contribution in [0.25, 0.3) is 0 Å². The van der Waals surface area contributed by atoms with Crippen LogP contribution >= 0.6 is 0 Å². The molecule has 0 radical (unpaired) electrons. The number of rotatable bonds is 3. The molecule has 1 aromatic rings. The molecule has 17 heavy (non-hydrogen) atoms. The first-order chi connectivity index (χ1) is 8.31. The SMILES string of the molecule is COc1cccc(CC2CCCC(C#N)C2)c1. The number of ether oxygens (including phenoxy) is 1. The van der Waals surface area contributed by atoms with Crippen LogP contribution in [0.1, 0.15) is 31.2 Å². The number of methoxy groups -OCH3 is 1. The van der Waals surface area contributed by atoms with Gasteiger partial charge in [0, 0.05) is 5.92 Å². The largest absolute Gasteiger partial charge is 0.497 e. The lowest BCUT2D eigenvalue weighted by Gasteiger charge is -2.25. The molecule has 2 nitrogen and oxygen atoms in total. The van der Waals surface area contributed by atoms with E-state index in [1.165, 1.54) is 18.4 Å². The molecule has 0 heterocycles. The molecule has 90 valence electrons. The van der Waals surface area contributed by atoms with E-state index in [2.05, 4.69) is 18.2 Å². The summed E-state index contributed by atoms with van der Waals surface area (Å²) in [7, 11) is 1.70. The summed E-state index contributed by atoms with van der Waals surface area (Å²) >= 11 is 0. The highest BCUT2D eigenvalue weighted by atomic mass is 16.5. The molecule has 0 saturated heterocycles. The van der Waals surface area contributed by atoms with Crippen LogP contribution in [0.3, 0.4) is 0 Å². The van der Waals surface area contributed by atoms with Crippen molar-refractivity contribution >= 4 is 0 Å². The topological polar surface area (TPSA) is 33.0 Å². The summed E-state index contributed by atoms with van der Waals surface area (Å²) in [5.41, 5.74) is 1.33. The van der Waals surface area contributed by atoms with Gasteiger partial charge < -0.3 is 4.74 Å². The average Bonchev–Trinajstić information content (AvgIpc) is 2.39. The zero-order valence-electron chi connectivity index (χ0n) is 10.4. The maximum absolute atomic E-state index is 8.99. The molecule has 2 atom stereocenters. The van der Waals surface area contributed by atoms with Gasteiger partial charge in [0.1, 0.15) is 5.75 Å². The van der Waals surface area contributed by atoms with E-state index in [9.17, 15) is 0 Å². The predicted octanol–water partition coefficient (Wildman–Crippen LogP) is 3.57. The second-order valence-electron chi connectivity index (χ2n) is 4.91. The zero-order chi connectivity index (χ0) is 12.1. The summed E-state index contributed by atoms with van der Waals surface area (Å²) < 4.78 is 5.23. The molecule has 1 aliphatic carbocycles. The zero-order valence-corrected chi connectivity index (χ0v) is 10.4. The smallest absolute Gasteiger partial charge is 0.119 e. The lowest BCUT2D eigenvalue weighted by molar-refractivity contribution is 0.308. The molecule has 1 aliphatic rings. The van der Waals surface area contributed by atoms with Crippen molar-refractivity contribution in [2.75, 3.05) is 7.11 Å². The highest BCUT2D eigenvalue weighted by Crippen LogP contribution is 2.31. The molecule has 0 aromatic heterocycles. The van der Waals surface area contributed by atoms with E-state index >= 15 is 0 Å². The number of hydrogen-bond donors (Lipinski definition) is 0. The summed E-state index contributed by atoms with van der Waals surface area (Å²) in [5, 5.41) is 8.99. The van der Waals surface area contributed by atoms with Gasteiger partial charge in [0.2, 0.25) is 0 Å². The van der Waals surface area contributed by atoms with Gasteiger partial charge in [-0.2, -0.15) is 5.26 Å². The van der Waals surface area contributed by atoms with Crippen molar-refractivity contribution in [1.29, 1.82) is 5.26 Å². The van der Waals surface area contributed by atoms with Crippen LogP contribution in [0.4, 0.5) is 0 Å². The second kappa shape index (κ2) is 5.72. The van der Waals surface area contributed by atoms with Crippen LogP contribution in [0.15, 0.2) is 24.3 Å². The van der Waals surface area contributed by atoms with Gasteiger partial charge in [-0.15, -0.1) is 0 Å². The Hall–Kier alpha value is -1.49. The van der Waals surface area contributed by atoms with Crippen molar-refractivity contribution in [3.63, 3.8) is 0 Å². The summed E-state index contributed by atoms with van der Waals surface area (Å²) in [6.45, 7) is 0. The van der Waals surface area contributed by atoms with Crippen molar-refractivity contribution in [3.8, 4) is 11.8 Å². The first kappa shape index (κ1) is 12.0. The van der Waals surface area contributed by atoms with Crippen molar-refractivity contribution in [2.24, 2.45) is 11.8 Å². The van der Waals surface area contributed by atoms with Crippen LogP contribution in [-0.4, -0.2) is 7.11 Å². The van der Waals surface area contributed by atoms with Crippen LogP contribution in [0, 0.1) is 23.2 Å². The number of hydrogen-bond acceptors (Lipinski definition) is 2. The first-order valence-corrected chi connectivity index (χ1v) is 6.34. The predicted molar refractivity (Wildman–Crippen MR) is 67.8 cm³/mol. The molecule has 0 spiro atoms. The third-order valence-corrected chi connectivity index (χ3v) is 3.62. The Morgan fingerprint density at radius 2 is 2.29 bits per heavy atom. The molecule has 0 N–H and O–H groups in total. The van der Waals surface area contributed by atoms with Gasteiger partial charge in [-0.25, -0.2) is 0 Å². The minimum Gasteiger partial charge on any atom is -0.497 e.